The van der Waals surface area contributed by atoms with Crippen molar-refractivity contribution in [2.45, 2.75) is 20.4 Å². The van der Waals surface area contributed by atoms with E-state index in [4.69, 9.17) is 4.98 Å². The molecule has 124 valence electrons. The second-order valence-electron chi connectivity index (χ2n) is 6.40. The van der Waals surface area contributed by atoms with E-state index in [2.05, 4.69) is 42.7 Å². The first-order chi connectivity index (χ1) is 12.1. The molecular formula is C22H20N2O. The molecule has 3 heteroatoms. The van der Waals surface area contributed by atoms with Gasteiger partial charge in [-0.1, -0.05) is 42.5 Å². The van der Waals surface area contributed by atoms with Crippen LogP contribution in [0.15, 0.2) is 66.7 Å². The number of imidazole rings is 1. The summed E-state index contributed by atoms with van der Waals surface area (Å²) in [7, 11) is 0. The maximum absolute atomic E-state index is 10.3. The van der Waals surface area contributed by atoms with Crippen LogP contribution in [-0.4, -0.2) is 14.7 Å². The van der Waals surface area contributed by atoms with E-state index in [1.807, 2.05) is 36.4 Å². The summed E-state index contributed by atoms with van der Waals surface area (Å²) in [5, 5.41) is 10.3. The Balaban J connectivity index is 1.96. The van der Waals surface area contributed by atoms with Crippen molar-refractivity contribution in [2.24, 2.45) is 0 Å². The Kier molecular flexibility index (Phi) is 3.77. The zero-order valence-electron chi connectivity index (χ0n) is 14.4. The minimum Gasteiger partial charge on any atom is -0.507 e. The second kappa shape index (κ2) is 6.10. The smallest absolute Gasteiger partial charge is 0.145 e. The van der Waals surface area contributed by atoms with Crippen LogP contribution in [0.4, 0.5) is 0 Å². The van der Waals surface area contributed by atoms with Crippen LogP contribution in [-0.2, 0) is 6.54 Å². The van der Waals surface area contributed by atoms with E-state index in [0.717, 1.165) is 29.0 Å². The van der Waals surface area contributed by atoms with Gasteiger partial charge in [0.15, 0.2) is 0 Å². The molecule has 4 rings (SSSR count). The summed E-state index contributed by atoms with van der Waals surface area (Å²) < 4.78 is 2.19. The monoisotopic (exact) mass is 328 g/mol. The summed E-state index contributed by atoms with van der Waals surface area (Å²) in [4.78, 5) is 4.80. The van der Waals surface area contributed by atoms with E-state index in [0.29, 0.717) is 0 Å². The first-order valence-electron chi connectivity index (χ1n) is 8.44. The molecule has 0 bridgehead atoms. The molecule has 0 aliphatic carbocycles. The van der Waals surface area contributed by atoms with Gasteiger partial charge in [-0.25, -0.2) is 4.98 Å². The van der Waals surface area contributed by atoms with Crippen molar-refractivity contribution in [3.63, 3.8) is 0 Å². The molecule has 0 spiro atoms. The fourth-order valence-corrected chi connectivity index (χ4v) is 3.36. The number of hydrogen-bond acceptors (Lipinski definition) is 2. The average molecular weight is 328 g/mol. The largest absolute Gasteiger partial charge is 0.507 e. The zero-order valence-corrected chi connectivity index (χ0v) is 14.4. The number of para-hydroxylation sites is 3. The molecule has 3 aromatic carbocycles. The zero-order chi connectivity index (χ0) is 17.4. The summed E-state index contributed by atoms with van der Waals surface area (Å²) in [6, 6.07) is 21.9. The number of aromatic nitrogens is 2. The van der Waals surface area contributed by atoms with E-state index in [-0.39, 0.29) is 5.75 Å². The van der Waals surface area contributed by atoms with Crippen LogP contribution >= 0.6 is 0 Å². The van der Waals surface area contributed by atoms with E-state index < -0.39 is 0 Å². The number of rotatable bonds is 3. The van der Waals surface area contributed by atoms with E-state index in [1.165, 1.54) is 16.7 Å². The number of nitrogens with zero attached hydrogens (tertiary/aromatic N) is 2. The Morgan fingerprint density at radius 1 is 0.840 bits per heavy atom. The minimum absolute atomic E-state index is 0.251. The lowest BCUT2D eigenvalue weighted by atomic mass is 10.0. The minimum atomic E-state index is 0.251. The lowest BCUT2D eigenvalue weighted by molar-refractivity contribution is 0.476. The number of aryl methyl sites for hydroxylation is 2. The Morgan fingerprint density at radius 2 is 1.52 bits per heavy atom. The molecule has 1 aromatic heterocycles. The predicted octanol–water partition coefficient (Wildman–Crippen LogP) is 5.07. The molecule has 0 radical (unpaired) electrons. The molecule has 3 nitrogen and oxygen atoms in total. The molecular weight excluding hydrogens is 308 g/mol. The van der Waals surface area contributed by atoms with Crippen LogP contribution in [0.1, 0.15) is 16.7 Å². The molecule has 1 heterocycles. The Bertz CT molecular complexity index is 1040. The first kappa shape index (κ1) is 15.5. The highest BCUT2D eigenvalue weighted by Gasteiger charge is 2.16. The van der Waals surface area contributed by atoms with E-state index in [9.17, 15) is 5.11 Å². The Hall–Kier alpha value is -3.07. The average Bonchev–Trinajstić information content (AvgIpc) is 2.97. The number of phenolic OH excluding ortho intramolecular Hbond substituents is 1. The lowest BCUT2D eigenvalue weighted by Crippen LogP contribution is -2.05. The molecule has 1 N–H and O–H groups in total. The topological polar surface area (TPSA) is 38.0 Å². The Labute approximate surface area is 147 Å². The number of fused-ring (bicyclic) bond motifs is 1. The quantitative estimate of drug-likeness (QED) is 0.570. The van der Waals surface area contributed by atoms with Crippen molar-refractivity contribution in [1.82, 2.24) is 9.55 Å². The number of hydrogen-bond donors (Lipinski definition) is 1. The van der Waals surface area contributed by atoms with Gasteiger partial charge in [0.2, 0.25) is 0 Å². The SMILES string of the molecule is Cc1cccc(C)c1Cn1c(-c2ccccc2O)nc2ccccc21. The van der Waals surface area contributed by atoms with Crippen LogP contribution in [0.5, 0.6) is 5.75 Å². The molecule has 0 aliphatic rings. The van der Waals surface area contributed by atoms with Crippen molar-refractivity contribution in [3.8, 4) is 17.1 Å². The highest BCUT2D eigenvalue weighted by atomic mass is 16.3. The first-order valence-corrected chi connectivity index (χ1v) is 8.44. The fourth-order valence-electron chi connectivity index (χ4n) is 3.36. The molecule has 0 saturated carbocycles. The second-order valence-corrected chi connectivity index (χ2v) is 6.40. The standard InChI is InChI=1S/C22H20N2O/c1-15-8-7-9-16(2)18(15)14-24-20-12-5-4-11-19(20)23-22(24)17-10-3-6-13-21(17)25/h3-13,25H,14H2,1-2H3. The van der Waals surface area contributed by atoms with Gasteiger partial charge in [0.25, 0.3) is 0 Å². The van der Waals surface area contributed by atoms with Crippen molar-refractivity contribution >= 4 is 11.0 Å². The van der Waals surface area contributed by atoms with Gasteiger partial charge in [-0.05, 0) is 54.8 Å². The van der Waals surface area contributed by atoms with Gasteiger partial charge in [0, 0.05) is 0 Å². The van der Waals surface area contributed by atoms with Gasteiger partial charge < -0.3 is 9.67 Å². The van der Waals surface area contributed by atoms with Crippen molar-refractivity contribution in [3.05, 3.63) is 83.4 Å². The maximum atomic E-state index is 10.3. The van der Waals surface area contributed by atoms with Crippen LogP contribution in [0, 0.1) is 13.8 Å². The molecule has 0 saturated heterocycles. The molecule has 0 amide bonds. The predicted molar refractivity (Wildman–Crippen MR) is 102 cm³/mol. The van der Waals surface area contributed by atoms with Gasteiger partial charge in [0.1, 0.15) is 11.6 Å². The number of phenols is 1. The normalized spacial score (nSPS) is 11.1. The fraction of sp³-hybridized carbons (Fsp3) is 0.136. The van der Waals surface area contributed by atoms with Gasteiger partial charge in [-0.15, -0.1) is 0 Å². The van der Waals surface area contributed by atoms with Crippen molar-refractivity contribution < 1.29 is 5.11 Å². The molecule has 0 unspecified atom stereocenters. The highest BCUT2D eigenvalue weighted by Crippen LogP contribution is 2.32. The third-order valence-electron chi connectivity index (χ3n) is 4.76. The van der Waals surface area contributed by atoms with Crippen LogP contribution in [0.2, 0.25) is 0 Å². The molecule has 0 atom stereocenters. The highest BCUT2D eigenvalue weighted by molar-refractivity contribution is 5.82. The number of benzene rings is 3. The summed E-state index contributed by atoms with van der Waals surface area (Å²) in [5.74, 6) is 1.04. The molecule has 0 fully saturated rings. The van der Waals surface area contributed by atoms with Gasteiger partial charge in [-0.2, -0.15) is 0 Å². The van der Waals surface area contributed by atoms with Crippen LogP contribution in [0.3, 0.4) is 0 Å². The maximum Gasteiger partial charge on any atom is 0.145 e. The molecule has 4 aromatic rings. The molecule has 25 heavy (non-hydrogen) atoms. The van der Waals surface area contributed by atoms with E-state index in [1.54, 1.807) is 6.07 Å². The summed E-state index contributed by atoms with van der Waals surface area (Å²) in [6.45, 7) is 5.00. The molecule has 0 aliphatic heterocycles. The van der Waals surface area contributed by atoms with Crippen molar-refractivity contribution in [2.75, 3.05) is 0 Å². The number of aromatic hydroxyl groups is 1. The summed E-state index contributed by atoms with van der Waals surface area (Å²) >= 11 is 0. The lowest BCUT2D eigenvalue weighted by Gasteiger charge is -2.14. The van der Waals surface area contributed by atoms with Crippen molar-refractivity contribution in [1.29, 1.82) is 0 Å². The van der Waals surface area contributed by atoms with Crippen LogP contribution in [0.25, 0.3) is 22.4 Å². The summed E-state index contributed by atoms with van der Waals surface area (Å²) in [5.41, 5.74) is 6.59. The third-order valence-corrected chi connectivity index (χ3v) is 4.76. The van der Waals surface area contributed by atoms with Gasteiger partial charge >= 0.3 is 0 Å². The third kappa shape index (κ3) is 2.68. The van der Waals surface area contributed by atoms with E-state index >= 15 is 0 Å². The Morgan fingerprint density at radius 3 is 2.28 bits per heavy atom. The van der Waals surface area contributed by atoms with Gasteiger partial charge in [0.05, 0.1) is 23.1 Å². The van der Waals surface area contributed by atoms with Crippen LogP contribution < -0.4 is 0 Å². The summed E-state index contributed by atoms with van der Waals surface area (Å²) in [6.07, 6.45) is 0. The van der Waals surface area contributed by atoms with Gasteiger partial charge in [-0.3, -0.25) is 0 Å².